The van der Waals surface area contributed by atoms with Crippen molar-refractivity contribution < 1.29 is 14.7 Å². The van der Waals surface area contributed by atoms with Gasteiger partial charge in [0.1, 0.15) is 0 Å². The van der Waals surface area contributed by atoms with Gasteiger partial charge in [0.2, 0.25) is 0 Å². The summed E-state index contributed by atoms with van der Waals surface area (Å²) in [7, 11) is 0. The molecule has 132 valence electrons. The highest BCUT2D eigenvalue weighted by atomic mass is 16.4. The molecule has 2 aromatic rings. The zero-order valence-corrected chi connectivity index (χ0v) is 14.6. The Morgan fingerprint density at radius 2 is 2.04 bits per heavy atom. The second kappa shape index (κ2) is 6.70. The van der Waals surface area contributed by atoms with E-state index in [1.165, 1.54) is 0 Å². The van der Waals surface area contributed by atoms with Crippen molar-refractivity contribution >= 4 is 11.9 Å². The summed E-state index contributed by atoms with van der Waals surface area (Å²) in [6, 6.07) is 9.29. The Hall–Kier alpha value is -2.63. The first-order chi connectivity index (χ1) is 11.9. The largest absolute Gasteiger partial charge is 0.481 e. The van der Waals surface area contributed by atoms with Gasteiger partial charge >= 0.3 is 5.97 Å². The van der Waals surface area contributed by atoms with Gasteiger partial charge in [0.05, 0.1) is 12.0 Å². The number of carbonyl (C=O) groups is 2. The molecular formula is C19H23N3O3. The summed E-state index contributed by atoms with van der Waals surface area (Å²) in [6.45, 7) is 5.06. The van der Waals surface area contributed by atoms with E-state index in [1.807, 2.05) is 44.3 Å². The third-order valence-electron chi connectivity index (χ3n) is 5.26. The van der Waals surface area contributed by atoms with Gasteiger partial charge in [0.25, 0.3) is 5.91 Å². The predicted octanol–water partition coefficient (Wildman–Crippen LogP) is 2.50. The summed E-state index contributed by atoms with van der Waals surface area (Å²) in [5.74, 6) is -0.948. The highest BCUT2D eigenvalue weighted by Crippen LogP contribution is 2.38. The molecule has 2 heterocycles. The minimum Gasteiger partial charge on any atom is -0.481 e. The van der Waals surface area contributed by atoms with Gasteiger partial charge in [0.15, 0.2) is 0 Å². The molecule has 1 aromatic carbocycles. The molecule has 6 heteroatoms. The quantitative estimate of drug-likeness (QED) is 0.907. The lowest BCUT2D eigenvalue weighted by Crippen LogP contribution is -2.40. The highest BCUT2D eigenvalue weighted by Gasteiger charge is 2.48. The fourth-order valence-electron chi connectivity index (χ4n) is 3.50. The lowest BCUT2D eigenvalue weighted by atomic mass is 9.76. The van der Waals surface area contributed by atoms with Gasteiger partial charge in [-0.1, -0.05) is 32.0 Å². The molecule has 1 amide bonds. The van der Waals surface area contributed by atoms with Crippen LogP contribution in [0.5, 0.6) is 0 Å². The minimum atomic E-state index is -0.855. The molecule has 1 fully saturated rings. The van der Waals surface area contributed by atoms with E-state index < -0.39 is 11.4 Å². The molecule has 3 rings (SSSR count). The van der Waals surface area contributed by atoms with Crippen molar-refractivity contribution in [3.8, 4) is 0 Å². The molecule has 1 atom stereocenters. The number of hydrogen-bond acceptors (Lipinski definition) is 3. The molecule has 1 aromatic heterocycles. The number of aromatic nitrogens is 2. The van der Waals surface area contributed by atoms with Gasteiger partial charge in [-0.25, -0.2) is 0 Å². The van der Waals surface area contributed by atoms with Crippen LogP contribution in [0.1, 0.15) is 36.2 Å². The van der Waals surface area contributed by atoms with E-state index in [0.29, 0.717) is 25.1 Å². The first kappa shape index (κ1) is 17.2. The van der Waals surface area contributed by atoms with Gasteiger partial charge in [-0.05, 0) is 30.0 Å². The van der Waals surface area contributed by atoms with Crippen LogP contribution in [0, 0.1) is 11.3 Å². The van der Waals surface area contributed by atoms with E-state index in [0.717, 1.165) is 5.56 Å². The highest BCUT2D eigenvalue weighted by molar-refractivity contribution is 5.96. The maximum atomic E-state index is 13.0. The number of benzene rings is 1. The zero-order chi connectivity index (χ0) is 18.0. The molecule has 0 bridgehead atoms. The number of likely N-dealkylation sites (tertiary alicyclic amines) is 1. The molecule has 25 heavy (non-hydrogen) atoms. The third kappa shape index (κ3) is 3.16. The van der Waals surface area contributed by atoms with Crippen molar-refractivity contribution in [1.29, 1.82) is 0 Å². The van der Waals surface area contributed by atoms with Crippen LogP contribution in [0.2, 0.25) is 0 Å². The fourth-order valence-corrected chi connectivity index (χ4v) is 3.50. The number of amides is 1. The minimum absolute atomic E-state index is 0.0258. The third-order valence-corrected chi connectivity index (χ3v) is 5.26. The molecule has 0 spiro atoms. The Balaban J connectivity index is 1.84. The van der Waals surface area contributed by atoms with Crippen LogP contribution in [-0.4, -0.2) is 44.8 Å². The second-order valence-electron chi connectivity index (χ2n) is 6.95. The lowest BCUT2D eigenvalue weighted by Gasteiger charge is -2.28. The van der Waals surface area contributed by atoms with Crippen molar-refractivity contribution in [3.05, 3.63) is 53.9 Å². The first-order valence-corrected chi connectivity index (χ1v) is 8.52. The number of aliphatic carboxylic acids is 1. The summed E-state index contributed by atoms with van der Waals surface area (Å²) in [6.07, 6.45) is 4.05. The van der Waals surface area contributed by atoms with Crippen molar-refractivity contribution in [1.82, 2.24) is 14.7 Å². The van der Waals surface area contributed by atoms with Gasteiger partial charge in [0, 0.05) is 31.0 Å². The standard InChI is InChI=1S/C19H23N3O3/c1-14(2)19(18(24)25)8-11-21(13-19)17(23)16-7-4-3-6-15(16)12-22-10-5-9-20-22/h3-7,9-10,14H,8,11-13H2,1-2H3,(H,24,25). The Morgan fingerprint density at radius 1 is 1.28 bits per heavy atom. The normalized spacial score (nSPS) is 20.2. The topological polar surface area (TPSA) is 75.4 Å². The lowest BCUT2D eigenvalue weighted by molar-refractivity contribution is -0.150. The molecular weight excluding hydrogens is 318 g/mol. The molecule has 0 saturated carbocycles. The molecule has 6 nitrogen and oxygen atoms in total. The second-order valence-corrected chi connectivity index (χ2v) is 6.95. The summed E-state index contributed by atoms with van der Waals surface area (Å²) in [5.41, 5.74) is 0.642. The molecule has 1 N–H and O–H groups in total. The summed E-state index contributed by atoms with van der Waals surface area (Å²) in [5, 5.41) is 13.9. The maximum Gasteiger partial charge on any atom is 0.311 e. The molecule has 1 aliphatic rings. The number of carboxylic acid groups (broad SMARTS) is 1. The number of carboxylic acids is 1. The van der Waals surface area contributed by atoms with Crippen LogP contribution in [0.25, 0.3) is 0 Å². The van der Waals surface area contributed by atoms with Gasteiger partial charge in [-0.2, -0.15) is 5.10 Å². The van der Waals surface area contributed by atoms with Crippen LogP contribution >= 0.6 is 0 Å². The fraction of sp³-hybridized carbons (Fsp3) is 0.421. The van der Waals surface area contributed by atoms with Crippen LogP contribution < -0.4 is 0 Å². The van der Waals surface area contributed by atoms with Crippen molar-refractivity contribution in [2.45, 2.75) is 26.8 Å². The van der Waals surface area contributed by atoms with E-state index in [1.54, 1.807) is 21.8 Å². The molecule has 1 unspecified atom stereocenters. The Labute approximate surface area is 147 Å². The molecule has 1 saturated heterocycles. The average Bonchev–Trinajstić information content (AvgIpc) is 3.25. The van der Waals surface area contributed by atoms with Crippen molar-refractivity contribution in [2.75, 3.05) is 13.1 Å². The van der Waals surface area contributed by atoms with E-state index >= 15 is 0 Å². The first-order valence-electron chi connectivity index (χ1n) is 8.52. The molecule has 0 radical (unpaired) electrons. The predicted molar refractivity (Wildman–Crippen MR) is 93.2 cm³/mol. The van der Waals surface area contributed by atoms with E-state index in [9.17, 15) is 14.7 Å². The van der Waals surface area contributed by atoms with Gasteiger partial charge in [-0.15, -0.1) is 0 Å². The number of rotatable bonds is 5. The Bertz CT molecular complexity index is 770. The number of hydrogen-bond donors (Lipinski definition) is 1. The number of carbonyl (C=O) groups excluding carboxylic acids is 1. The van der Waals surface area contributed by atoms with Crippen LogP contribution in [-0.2, 0) is 11.3 Å². The summed E-state index contributed by atoms with van der Waals surface area (Å²) < 4.78 is 1.77. The van der Waals surface area contributed by atoms with Crippen molar-refractivity contribution in [3.63, 3.8) is 0 Å². The number of nitrogens with zero attached hydrogens (tertiary/aromatic N) is 3. The zero-order valence-electron chi connectivity index (χ0n) is 14.6. The van der Waals surface area contributed by atoms with Crippen LogP contribution in [0.4, 0.5) is 0 Å². The summed E-state index contributed by atoms with van der Waals surface area (Å²) in [4.78, 5) is 26.5. The van der Waals surface area contributed by atoms with Gasteiger partial charge in [-0.3, -0.25) is 14.3 Å². The van der Waals surface area contributed by atoms with E-state index in [-0.39, 0.29) is 18.4 Å². The Kier molecular flexibility index (Phi) is 4.61. The summed E-state index contributed by atoms with van der Waals surface area (Å²) >= 11 is 0. The van der Waals surface area contributed by atoms with Crippen LogP contribution in [0.3, 0.4) is 0 Å². The smallest absolute Gasteiger partial charge is 0.311 e. The maximum absolute atomic E-state index is 13.0. The van der Waals surface area contributed by atoms with E-state index in [4.69, 9.17) is 0 Å². The Morgan fingerprint density at radius 3 is 2.64 bits per heavy atom. The van der Waals surface area contributed by atoms with E-state index in [2.05, 4.69) is 5.10 Å². The van der Waals surface area contributed by atoms with Gasteiger partial charge < -0.3 is 10.0 Å². The van der Waals surface area contributed by atoms with Crippen molar-refractivity contribution in [2.24, 2.45) is 11.3 Å². The molecule has 1 aliphatic heterocycles. The van der Waals surface area contributed by atoms with Crippen LogP contribution in [0.15, 0.2) is 42.7 Å². The SMILES string of the molecule is CC(C)C1(C(=O)O)CCN(C(=O)c2ccccc2Cn2cccn2)C1. The average molecular weight is 341 g/mol. The molecule has 0 aliphatic carbocycles. The monoisotopic (exact) mass is 341 g/mol.